The molecule has 0 saturated carbocycles. The van der Waals surface area contributed by atoms with Gasteiger partial charge in [-0.15, -0.1) is 0 Å². The molecule has 0 aliphatic carbocycles. The Labute approximate surface area is 173 Å². The Kier molecular flexibility index (Phi) is 5.22. The lowest BCUT2D eigenvalue weighted by Gasteiger charge is -2.20. The summed E-state index contributed by atoms with van der Waals surface area (Å²) in [5.41, 5.74) is 3.73. The minimum absolute atomic E-state index is 0.0650. The maximum absolute atomic E-state index is 12.7. The van der Waals surface area contributed by atoms with Gasteiger partial charge in [0.25, 0.3) is 0 Å². The van der Waals surface area contributed by atoms with E-state index in [-0.39, 0.29) is 18.1 Å². The van der Waals surface area contributed by atoms with Crippen LogP contribution in [-0.4, -0.2) is 46.1 Å². The van der Waals surface area contributed by atoms with E-state index in [0.29, 0.717) is 36.0 Å². The SMILES string of the molecule is Cc1cnc(C(=O)OCC(=O)c2cc(C)n(-c3ccc4c(c3)OCCO4)c2C)cn1. The smallest absolute Gasteiger partial charge is 0.358 e. The van der Waals surface area contributed by atoms with Crippen molar-refractivity contribution in [1.29, 1.82) is 0 Å². The lowest BCUT2D eigenvalue weighted by Crippen LogP contribution is -2.16. The lowest BCUT2D eigenvalue weighted by atomic mass is 10.1. The molecule has 2 aromatic heterocycles. The molecule has 0 atom stereocenters. The second kappa shape index (κ2) is 7.98. The van der Waals surface area contributed by atoms with Crippen molar-refractivity contribution in [1.82, 2.24) is 14.5 Å². The number of carbonyl (C=O) groups is 2. The molecule has 1 aliphatic heterocycles. The fourth-order valence-corrected chi connectivity index (χ4v) is 3.39. The van der Waals surface area contributed by atoms with Crippen LogP contribution in [0.4, 0.5) is 0 Å². The van der Waals surface area contributed by atoms with E-state index in [1.165, 1.54) is 12.4 Å². The molecule has 0 radical (unpaired) electrons. The Morgan fingerprint density at radius 1 is 1.03 bits per heavy atom. The molecule has 8 nitrogen and oxygen atoms in total. The number of Topliss-reactive ketones (excluding diaryl/α,β-unsaturated/α-hetero) is 1. The quantitative estimate of drug-likeness (QED) is 0.474. The van der Waals surface area contributed by atoms with E-state index < -0.39 is 5.97 Å². The third kappa shape index (κ3) is 3.76. The van der Waals surface area contributed by atoms with Gasteiger partial charge < -0.3 is 18.8 Å². The summed E-state index contributed by atoms with van der Waals surface area (Å²) < 4.78 is 18.3. The van der Waals surface area contributed by atoms with Crippen LogP contribution in [0, 0.1) is 20.8 Å². The summed E-state index contributed by atoms with van der Waals surface area (Å²) in [7, 11) is 0. The van der Waals surface area contributed by atoms with Gasteiger partial charge in [0, 0.05) is 34.9 Å². The van der Waals surface area contributed by atoms with E-state index in [1.807, 2.05) is 36.6 Å². The molecule has 154 valence electrons. The van der Waals surface area contributed by atoms with Crippen molar-refractivity contribution in [3.05, 3.63) is 65.0 Å². The Balaban J connectivity index is 1.52. The topological polar surface area (TPSA) is 92.5 Å². The first-order valence-corrected chi connectivity index (χ1v) is 9.52. The number of ether oxygens (including phenoxy) is 3. The zero-order valence-electron chi connectivity index (χ0n) is 17.0. The van der Waals surface area contributed by atoms with E-state index in [1.54, 1.807) is 13.0 Å². The van der Waals surface area contributed by atoms with E-state index in [2.05, 4.69) is 9.97 Å². The van der Waals surface area contributed by atoms with Crippen LogP contribution in [0.3, 0.4) is 0 Å². The first-order valence-electron chi connectivity index (χ1n) is 9.52. The predicted octanol–water partition coefficient (Wildman–Crippen LogP) is 3.00. The molecule has 3 aromatic rings. The van der Waals surface area contributed by atoms with Crippen LogP contribution in [0.15, 0.2) is 36.7 Å². The third-order valence-electron chi connectivity index (χ3n) is 4.84. The van der Waals surface area contributed by atoms with E-state index in [4.69, 9.17) is 14.2 Å². The Bertz CT molecular complexity index is 1120. The van der Waals surface area contributed by atoms with Crippen LogP contribution in [0.25, 0.3) is 5.69 Å². The van der Waals surface area contributed by atoms with Gasteiger partial charge in [-0.05, 0) is 39.0 Å². The van der Waals surface area contributed by atoms with E-state index >= 15 is 0 Å². The van der Waals surface area contributed by atoms with Crippen molar-refractivity contribution in [3.8, 4) is 17.2 Å². The Hall–Kier alpha value is -3.68. The number of fused-ring (bicyclic) bond motifs is 1. The molecule has 0 amide bonds. The first kappa shape index (κ1) is 19.6. The highest BCUT2D eigenvalue weighted by molar-refractivity contribution is 6.00. The first-order chi connectivity index (χ1) is 14.4. The molecule has 3 heterocycles. The maximum atomic E-state index is 12.7. The van der Waals surface area contributed by atoms with Gasteiger partial charge in [-0.2, -0.15) is 0 Å². The van der Waals surface area contributed by atoms with Gasteiger partial charge in [0.05, 0.1) is 11.9 Å². The largest absolute Gasteiger partial charge is 0.486 e. The van der Waals surface area contributed by atoms with Gasteiger partial charge in [-0.3, -0.25) is 9.78 Å². The second-order valence-corrected chi connectivity index (χ2v) is 6.99. The summed E-state index contributed by atoms with van der Waals surface area (Å²) in [6, 6.07) is 7.44. The van der Waals surface area contributed by atoms with Crippen molar-refractivity contribution >= 4 is 11.8 Å². The average Bonchev–Trinajstić information content (AvgIpc) is 3.06. The van der Waals surface area contributed by atoms with Crippen LogP contribution >= 0.6 is 0 Å². The molecule has 0 bridgehead atoms. The highest BCUT2D eigenvalue weighted by atomic mass is 16.6. The summed E-state index contributed by atoms with van der Waals surface area (Å²) in [4.78, 5) is 32.8. The fraction of sp³-hybridized carbons (Fsp3) is 0.273. The lowest BCUT2D eigenvalue weighted by molar-refractivity contribution is 0.0468. The fourth-order valence-electron chi connectivity index (χ4n) is 3.39. The highest BCUT2D eigenvalue weighted by Gasteiger charge is 2.20. The number of esters is 1. The van der Waals surface area contributed by atoms with Crippen molar-refractivity contribution in [2.75, 3.05) is 19.8 Å². The van der Waals surface area contributed by atoms with Gasteiger partial charge in [-0.1, -0.05) is 0 Å². The van der Waals surface area contributed by atoms with Crippen molar-refractivity contribution < 1.29 is 23.8 Å². The standard InChI is InChI=1S/C22H21N3O5/c1-13-10-24-18(11-23-13)22(27)30-12-19(26)17-8-14(2)25(15(17)3)16-4-5-20-21(9-16)29-7-6-28-20/h4-5,8-11H,6-7,12H2,1-3H3. The van der Waals surface area contributed by atoms with Gasteiger partial charge >= 0.3 is 5.97 Å². The summed E-state index contributed by atoms with van der Waals surface area (Å²) >= 11 is 0. The average molecular weight is 407 g/mol. The van der Waals surface area contributed by atoms with Crippen LogP contribution in [0.2, 0.25) is 0 Å². The molecule has 4 rings (SSSR count). The number of aryl methyl sites for hydroxylation is 2. The van der Waals surface area contributed by atoms with Crippen LogP contribution in [0.1, 0.15) is 37.9 Å². The Morgan fingerprint density at radius 2 is 1.80 bits per heavy atom. The minimum atomic E-state index is -0.684. The molecule has 0 N–H and O–H groups in total. The second-order valence-electron chi connectivity index (χ2n) is 6.99. The van der Waals surface area contributed by atoms with Crippen LogP contribution in [-0.2, 0) is 4.74 Å². The molecule has 8 heteroatoms. The number of benzene rings is 1. The zero-order valence-corrected chi connectivity index (χ0v) is 17.0. The molecule has 0 saturated heterocycles. The van der Waals surface area contributed by atoms with Crippen LogP contribution in [0.5, 0.6) is 11.5 Å². The normalized spacial score (nSPS) is 12.5. The van der Waals surface area contributed by atoms with Gasteiger partial charge in [0.1, 0.15) is 13.2 Å². The number of rotatable bonds is 5. The monoisotopic (exact) mass is 407 g/mol. The maximum Gasteiger partial charge on any atom is 0.358 e. The summed E-state index contributed by atoms with van der Waals surface area (Å²) in [5.74, 6) is 0.402. The molecule has 0 spiro atoms. The molecule has 1 aliphatic rings. The molecular formula is C22H21N3O5. The molecule has 30 heavy (non-hydrogen) atoms. The number of carbonyl (C=O) groups excluding carboxylic acids is 2. The van der Waals surface area contributed by atoms with E-state index in [0.717, 1.165) is 17.1 Å². The molecule has 0 unspecified atom stereocenters. The third-order valence-corrected chi connectivity index (χ3v) is 4.84. The van der Waals surface area contributed by atoms with E-state index in [9.17, 15) is 9.59 Å². The van der Waals surface area contributed by atoms with Gasteiger partial charge in [-0.25, -0.2) is 9.78 Å². The number of hydrogen-bond acceptors (Lipinski definition) is 7. The molecule has 1 aromatic carbocycles. The van der Waals surface area contributed by atoms with Crippen LogP contribution < -0.4 is 9.47 Å². The highest BCUT2D eigenvalue weighted by Crippen LogP contribution is 2.33. The van der Waals surface area contributed by atoms with Crippen molar-refractivity contribution in [3.63, 3.8) is 0 Å². The number of hydrogen-bond donors (Lipinski definition) is 0. The number of nitrogens with zero attached hydrogens (tertiary/aromatic N) is 3. The van der Waals surface area contributed by atoms with Gasteiger partial charge in [0.2, 0.25) is 5.78 Å². The summed E-state index contributed by atoms with van der Waals surface area (Å²) in [6.07, 6.45) is 2.80. The number of aromatic nitrogens is 3. The van der Waals surface area contributed by atoms with Crippen molar-refractivity contribution in [2.24, 2.45) is 0 Å². The van der Waals surface area contributed by atoms with Gasteiger partial charge in [0.15, 0.2) is 23.8 Å². The minimum Gasteiger partial charge on any atom is -0.486 e. The molecular weight excluding hydrogens is 386 g/mol. The zero-order chi connectivity index (χ0) is 21.3. The number of ketones is 1. The predicted molar refractivity (Wildman–Crippen MR) is 108 cm³/mol. The summed E-state index contributed by atoms with van der Waals surface area (Å²) in [6.45, 7) is 6.18. The Morgan fingerprint density at radius 3 is 2.53 bits per heavy atom. The summed E-state index contributed by atoms with van der Waals surface area (Å²) in [5, 5.41) is 0. The molecule has 0 fully saturated rings. The van der Waals surface area contributed by atoms with Crippen molar-refractivity contribution in [2.45, 2.75) is 20.8 Å².